The summed E-state index contributed by atoms with van der Waals surface area (Å²) in [6, 6.07) is 13.4. The predicted octanol–water partition coefficient (Wildman–Crippen LogP) is 6.11. The van der Waals surface area contributed by atoms with Crippen LogP contribution in [0.1, 0.15) is 24.0 Å². The van der Waals surface area contributed by atoms with Gasteiger partial charge in [0, 0.05) is 0 Å². The van der Waals surface area contributed by atoms with Crippen LogP contribution in [0, 0.1) is 0 Å². The van der Waals surface area contributed by atoms with Crippen LogP contribution in [-0.2, 0) is 17.0 Å². The van der Waals surface area contributed by atoms with Crippen LogP contribution in [-0.4, -0.2) is 41.1 Å². The molecule has 2 aromatic carbocycles. The highest BCUT2D eigenvalue weighted by atomic mass is 28.4. The van der Waals surface area contributed by atoms with Crippen molar-refractivity contribution in [2.45, 2.75) is 64.0 Å². The summed E-state index contributed by atoms with van der Waals surface area (Å²) in [5.41, 5.74) is 2.36. The van der Waals surface area contributed by atoms with Gasteiger partial charge in [-0.1, -0.05) is 12.1 Å². The molecule has 0 unspecified atom stereocenters. The molecule has 7 heteroatoms. The van der Waals surface area contributed by atoms with E-state index >= 15 is 0 Å². The van der Waals surface area contributed by atoms with E-state index in [2.05, 4.69) is 26.2 Å². The van der Waals surface area contributed by atoms with Gasteiger partial charge in [-0.25, -0.2) is 0 Å². The highest BCUT2D eigenvalue weighted by Gasteiger charge is 2.32. The van der Waals surface area contributed by atoms with Crippen LogP contribution < -0.4 is 9.47 Å². The molecule has 2 rings (SSSR count). The molecule has 0 bridgehead atoms. The van der Waals surface area contributed by atoms with Crippen LogP contribution in [0.15, 0.2) is 36.4 Å². The van der Waals surface area contributed by atoms with Crippen molar-refractivity contribution in [2.24, 2.45) is 0 Å². The third-order valence-corrected chi connectivity index (χ3v) is 13.1. The summed E-state index contributed by atoms with van der Waals surface area (Å²) >= 11 is 0. The molecule has 0 radical (unpaired) electrons. The second-order valence-corrected chi connectivity index (χ2v) is 18.2. The number of methoxy groups -OCH3 is 2. The van der Waals surface area contributed by atoms with Gasteiger partial charge < -0.3 is 23.8 Å². The summed E-state index contributed by atoms with van der Waals surface area (Å²) in [5, 5.41) is 19.5. The normalized spacial score (nSPS) is 12.1. The fraction of sp³-hybridized carbons (Fsp3) is 0.500. The van der Waals surface area contributed by atoms with Crippen molar-refractivity contribution >= 4 is 16.6 Å². The van der Waals surface area contributed by atoms with Gasteiger partial charge in [0.1, 0.15) is 0 Å². The molecule has 0 aliphatic rings. The van der Waals surface area contributed by atoms with Crippen molar-refractivity contribution in [3.05, 3.63) is 47.5 Å². The Morgan fingerprint density at radius 3 is 1.42 bits per heavy atom. The molecule has 2 aromatic rings. The first-order valence-corrected chi connectivity index (χ1v) is 17.2. The number of ether oxygens (including phenoxy) is 2. The van der Waals surface area contributed by atoms with Crippen LogP contribution in [0.5, 0.6) is 23.0 Å². The van der Waals surface area contributed by atoms with E-state index in [4.69, 9.17) is 13.6 Å². The first-order valence-electron chi connectivity index (χ1n) is 11.0. The van der Waals surface area contributed by atoms with Gasteiger partial charge in [0.05, 0.1) is 14.2 Å². The van der Waals surface area contributed by atoms with Crippen LogP contribution in [0.3, 0.4) is 0 Å². The van der Waals surface area contributed by atoms with Crippen molar-refractivity contribution in [1.29, 1.82) is 0 Å². The third-order valence-electron chi connectivity index (χ3n) is 5.53. The lowest BCUT2D eigenvalue weighted by atomic mass is 10.1. The molecular weight excluding hydrogens is 424 g/mol. The van der Waals surface area contributed by atoms with Gasteiger partial charge in [-0.15, -0.1) is 0 Å². The van der Waals surface area contributed by atoms with Crippen LogP contribution in [0.25, 0.3) is 0 Å². The van der Waals surface area contributed by atoms with E-state index in [-0.39, 0.29) is 11.5 Å². The minimum absolute atomic E-state index is 0.183. The number of aromatic hydroxyl groups is 2. The molecule has 0 fully saturated rings. The Morgan fingerprint density at radius 1 is 0.677 bits per heavy atom. The van der Waals surface area contributed by atoms with Crippen molar-refractivity contribution < 1.29 is 23.8 Å². The number of hydrogen-bond donors (Lipinski definition) is 2. The number of phenolic OH excluding ortho intramolecular Hbond substituents is 2. The molecule has 0 saturated carbocycles. The van der Waals surface area contributed by atoms with E-state index in [1.165, 1.54) is 11.1 Å². The monoisotopic (exact) mass is 462 g/mol. The first-order chi connectivity index (χ1) is 14.5. The molecule has 0 atom stereocenters. The quantitative estimate of drug-likeness (QED) is 0.373. The highest BCUT2D eigenvalue weighted by Crippen LogP contribution is 2.30. The van der Waals surface area contributed by atoms with E-state index in [1.807, 2.05) is 24.3 Å². The second-order valence-electron chi connectivity index (χ2n) is 9.34. The lowest BCUT2D eigenvalue weighted by Gasteiger charge is -2.34. The second kappa shape index (κ2) is 11.1. The Labute approximate surface area is 189 Å². The fourth-order valence-electron chi connectivity index (χ4n) is 4.04. The molecule has 0 heterocycles. The van der Waals surface area contributed by atoms with Gasteiger partial charge in [0.15, 0.2) is 39.6 Å². The maximum absolute atomic E-state index is 9.75. The summed E-state index contributed by atoms with van der Waals surface area (Å²) in [6.45, 7) is 9.29. The summed E-state index contributed by atoms with van der Waals surface area (Å²) in [7, 11) is -0.344. The average Bonchev–Trinajstić information content (AvgIpc) is 2.69. The molecule has 0 amide bonds. The zero-order chi connectivity index (χ0) is 23.1. The lowest BCUT2D eigenvalue weighted by molar-refractivity contribution is 0.373. The minimum Gasteiger partial charge on any atom is -0.504 e. The molecule has 0 aliphatic heterocycles. The molecule has 0 spiro atoms. The van der Waals surface area contributed by atoms with Gasteiger partial charge in [-0.05, 0) is 99.4 Å². The first kappa shape index (κ1) is 25.3. The summed E-state index contributed by atoms with van der Waals surface area (Å²) in [4.78, 5) is 0. The van der Waals surface area contributed by atoms with Crippen molar-refractivity contribution in [1.82, 2.24) is 0 Å². The SMILES string of the molecule is COc1cc(CCC[Si](C)(C)O[Si](C)(C)CCCc2ccc(O)c(OC)c2)ccc1O. The zero-order valence-corrected chi connectivity index (χ0v) is 21.8. The smallest absolute Gasteiger partial charge is 0.173 e. The summed E-state index contributed by atoms with van der Waals surface area (Å²) < 4.78 is 17.2. The van der Waals surface area contributed by atoms with Gasteiger partial charge in [0.2, 0.25) is 0 Å². The van der Waals surface area contributed by atoms with Crippen molar-refractivity contribution in [2.75, 3.05) is 14.2 Å². The number of hydrogen-bond acceptors (Lipinski definition) is 5. The van der Waals surface area contributed by atoms with Crippen molar-refractivity contribution in [3.63, 3.8) is 0 Å². The third kappa shape index (κ3) is 8.23. The van der Waals surface area contributed by atoms with Gasteiger partial charge in [-0.2, -0.15) is 0 Å². The lowest BCUT2D eigenvalue weighted by Crippen LogP contribution is -2.44. The molecule has 0 saturated heterocycles. The molecule has 0 aliphatic carbocycles. The Morgan fingerprint density at radius 2 is 1.06 bits per heavy atom. The topological polar surface area (TPSA) is 68.2 Å². The Bertz CT molecular complexity index is 782. The van der Waals surface area contributed by atoms with Gasteiger partial charge in [0.25, 0.3) is 0 Å². The average molecular weight is 463 g/mol. The Kier molecular flexibility index (Phi) is 9.03. The molecule has 172 valence electrons. The van der Waals surface area contributed by atoms with E-state index < -0.39 is 16.6 Å². The van der Waals surface area contributed by atoms with Gasteiger partial charge in [-0.3, -0.25) is 0 Å². The minimum atomic E-state index is -1.75. The van der Waals surface area contributed by atoms with Gasteiger partial charge >= 0.3 is 0 Å². The maximum atomic E-state index is 9.75. The van der Waals surface area contributed by atoms with Crippen LogP contribution >= 0.6 is 0 Å². The number of benzene rings is 2. The predicted molar refractivity (Wildman–Crippen MR) is 132 cm³/mol. The number of phenols is 2. The molecule has 0 aromatic heterocycles. The molecule has 31 heavy (non-hydrogen) atoms. The standard InChI is InChI=1S/C24H38O5Si2/c1-27-23-17-19(11-13-21(23)25)9-7-15-30(3,4)29-31(5,6)16-8-10-20-12-14-22(26)24(18-20)28-2/h11-14,17-18,25-26H,7-10,15-16H2,1-6H3. The molecule has 2 N–H and O–H groups in total. The van der Waals surface area contributed by atoms with Crippen LogP contribution in [0.2, 0.25) is 38.3 Å². The fourth-order valence-corrected chi connectivity index (χ4v) is 12.9. The van der Waals surface area contributed by atoms with E-state index in [0.717, 1.165) is 37.8 Å². The molecular formula is C24H38O5Si2. The van der Waals surface area contributed by atoms with Crippen molar-refractivity contribution in [3.8, 4) is 23.0 Å². The Balaban J connectivity index is 1.81. The molecule has 5 nitrogen and oxygen atoms in total. The largest absolute Gasteiger partial charge is 0.504 e. The maximum Gasteiger partial charge on any atom is 0.173 e. The van der Waals surface area contributed by atoms with E-state index in [1.54, 1.807) is 26.4 Å². The Hall–Kier alpha value is -1.97. The van der Waals surface area contributed by atoms with E-state index in [0.29, 0.717) is 11.5 Å². The van der Waals surface area contributed by atoms with E-state index in [9.17, 15) is 10.2 Å². The zero-order valence-electron chi connectivity index (χ0n) is 19.8. The summed E-state index contributed by atoms with van der Waals surface area (Å²) in [6.07, 6.45) is 4.07. The summed E-state index contributed by atoms with van der Waals surface area (Å²) in [5.74, 6) is 1.43. The van der Waals surface area contributed by atoms with Crippen LogP contribution in [0.4, 0.5) is 0 Å². The number of rotatable bonds is 12. The number of aryl methyl sites for hydroxylation is 2. The highest BCUT2D eigenvalue weighted by molar-refractivity contribution is 6.84.